The largest absolute Gasteiger partial charge is 0.465 e. The van der Waals surface area contributed by atoms with Gasteiger partial charge in [-0.2, -0.15) is 0 Å². The van der Waals surface area contributed by atoms with Crippen LogP contribution in [0.15, 0.2) is 49.1 Å². The molecule has 0 bridgehead atoms. The van der Waals surface area contributed by atoms with Crippen molar-refractivity contribution in [1.82, 2.24) is 20.3 Å². The molecular formula is C21H22N6O3S. The highest BCUT2D eigenvalue weighted by atomic mass is 32.1. The van der Waals surface area contributed by atoms with Gasteiger partial charge in [0.15, 0.2) is 5.13 Å². The van der Waals surface area contributed by atoms with Crippen LogP contribution in [0.3, 0.4) is 0 Å². The van der Waals surface area contributed by atoms with Crippen LogP contribution in [-0.4, -0.2) is 59.0 Å². The van der Waals surface area contributed by atoms with Gasteiger partial charge in [-0.05, 0) is 17.7 Å². The van der Waals surface area contributed by atoms with E-state index in [1.807, 2.05) is 24.3 Å². The summed E-state index contributed by atoms with van der Waals surface area (Å²) in [6.45, 7) is 3.45. The Bertz CT molecular complexity index is 1060. The first kappa shape index (κ1) is 20.8. The van der Waals surface area contributed by atoms with Crippen LogP contribution in [0.2, 0.25) is 0 Å². The van der Waals surface area contributed by atoms with E-state index in [4.69, 9.17) is 9.84 Å². The summed E-state index contributed by atoms with van der Waals surface area (Å²) < 4.78 is 5.42. The quantitative estimate of drug-likeness (QED) is 0.514. The normalized spacial score (nSPS) is 14.0. The summed E-state index contributed by atoms with van der Waals surface area (Å²) in [6, 6.07) is 6.00. The minimum atomic E-state index is -1.05. The fourth-order valence-corrected chi connectivity index (χ4v) is 3.91. The molecule has 0 saturated carbocycles. The fraction of sp³-hybridized carbons (Fsp3) is 0.238. The number of amides is 1. The number of morpholine rings is 1. The van der Waals surface area contributed by atoms with Crippen molar-refractivity contribution in [3.8, 4) is 10.4 Å². The van der Waals surface area contributed by atoms with Gasteiger partial charge in [-0.15, -0.1) is 0 Å². The van der Waals surface area contributed by atoms with Crippen LogP contribution in [0.4, 0.5) is 21.4 Å². The molecule has 4 rings (SSSR count). The maximum absolute atomic E-state index is 10.5. The van der Waals surface area contributed by atoms with Crippen LogP contribution in [0.25, 0.3) is 16.5 Å². The lowest BCUT2D eigenvalue weighted by atomic mass is 10.2. The molecule has 0 unspecified atom stereocenters. The number of aromatic nitrogens is 3. The van der Waals surface area contributed by atoms with Crippen molar-refractivity contribution < 1.29 is 14.6 Å². The van der Waals surface area contributed by atoms with Crippen LogP contribution in [0.1, 0.15) is 5.56 Å². The predicted octanol–water partition coefficient (Wildman–Crippen LogP) is 3.46. The summed E-state index contributed by atoms with van der Waals surface area (Å²) in [4.78, 5) is 26.9. The van der Waals surface area contributed by atoms with E-state index < -0.39 is 6.09 Å². The molecule has 4 heterocycles. The second-order valence-corrected chi connectivity index (χ2v) is 7.78. The van der Waals surface area contributed by atoms with Gasteiger partial charge in [-0.3, -0.25) is 4.98 Å². The van der Waals surface area contributed by atoms with E-state index in [2.05, 4.69) is 30.5 Å². The molecule has 3 N–H and O–H groups in total. The molecule has 1 aliphatic heterocycles. The van der Waals surface area contributed by atoms with Crippen LogP contribution >= 0.6 is 11.3 Å². The number of rotatable bonds is 7. The summed E-state index contributed by atoms with van der Waals surface area (Å²) in [5, 5.41) is 14.9. The summed E-state index contributed by atoms with van der Waals surface area (Å²) in [5.41, 5.74) is 2.93. The molecule has 1 fully saturated rings. The molecule has 3 aromatic rings. The highest BCUT2D eigenvalue weighted by Gasteiger charge is 2.12. The van der Waals surface area contributed by atoms with E-state index in [-0.39, 0.29) is 6.54 Å². The Morgan fingerprint density at radius 2 is 2.10 bits per heavy atom. The SMILES string of the molecule is O=C(O)NCC=Cc1cncc(-c2cnc(Nc3cc(N4CCOCC4)ccn3)s2)c1. The molecule has 1 aliphatic rings. The molecule has 1 amide bonds. The van der Waals surface area contributed by atoms with Crippen molar-refractivity contribution in [3.05, 3.63) is 54.6 Å². The molecule has 1 saturated heterocycles. The molecule has 0 aliphatic carbocycles. The number of pyridine rings is 2. The zero-order chi connectivity index (χ0) is 21.5. The third-order valence-electron chi connectivity index (χ3n) is 4.59. The van der Waals surface area contributed by atoms with Gasteiger partial charge >= 0.3 is 6.09 Å². The Morgan fingerprint density at radius 3 is 2.94 bits per heavy atom. The van der Waals surface area contributed by atoms with Crippen molar-refractivity contribution in [2.45, 2.75) is 0 Å². The van der Waals surface area contributed by atoms with Gasteiger partial charge in [0.25, 0.3) is 0 Å². The highest BCUT2D eigenvalue weighted by Crippen LogP contribution is 2.31. The molecule has 0 aromatic carbocycles. The van der Waals surface area contributed by atoms with Crippen LogP contribution in [0, 0.1) is 0 Å². The molecule has 0 atom stereocenters. The lowest BCUT2D eigenvalue weighted by molar-refractivity contribution is 0.122. The summed E-state index contributed by atoms with van der Waals surface area (Å²) in [6.07, 6.45) is 9.61. The standard InChI is InChI=1S/C21H22N6O3S/c28-21(29)24-4-1-2-15-10-16(13-22-12-15)18-14-25-20(31-18)26-19-11-17(3-5-23-19)27-6-8-30-9-7-27/h1-3,5,10-14,24H,4,6-9H2,(H,28,29)(H,23,25,26). The third-order valence-corrected chi connectivity index (χ3v) is 5.55. The van der Waals surface area contributed by atoms with Crippen LogP contribution in [0.5, 0.6) is 0 Å². The summed E-state index contributed by atoms with van der Waals surface area (Å²) in [7, 11) is 0. The molecule has 160 valence electrons. The molecule has 9 nitrogen and oxygen atoms in total. The number of carboxylic acid groups (broad SMARTS) is 1. The van der Waals surface area contributed by atoms with Crippen molar-refractivity contribution in [2.24, 2.45) is 0 Å². The van der Waals surface area contributed by atoms with Crippen molar-refractivity contribution in [1.29, 1.82) is 0 Å². The van der Waals surface area contributed by atoms with Gasteiger partial charge in [0.2, 0.25) is 0 Å². The van der Waals surface area contributed by atoms with E-state index in [1.165, 1.54) is 11.3 Å². The zero-order valence-corrected chi connectivity index (χ0v) is 17.5. The minimum Gasteiger partial charge on any atom is -0.465 e. The van der Waals surface area contributed by atoms with E-state index in [0.29, 0.717) is 0 Å². The van der Waals surface area contributed by atoms with Gasteiger partial charge in [0, 0.05) is 61.7 Å². The number of ether oxygens (including phenoxy) is 1. The van der Waals surface area contributed by atoms with Gasteiger partial charge in [-0.25, -0.2) is 14.8 Å². The highest BCUT2D eigenvalue weighted by molar-refractivity contribution is 7.18. The topological polar surface area (TPSA) is 112 Å². The number of hydrogen-bond donors (Lipinski definition) is 3. The number of nitrogens with one attached hydrogen (secondary N) is 2. The Balaban J connectivity index is 1.43. The average Bonchev–Trinajstić information content (AvgIpc) is 3.26. The monoisotopic (exact) mass is 438 g/mol. The Hall–Kier alpha value is -3.50. The first-order valence-corrected chi connectivity index (χ1v) is 10.6. The predicted molar refractivity (Wildman–Crippen MR) is 121 cm³/mol. The molecule has 31 heavy (non-hydrogen) atoms. The van der Waals surface area contributed by atoms with Gasteiger partial charge in [0.05, 0.1) is 18.1 Å². The van der Waals surface area contributed by atoms with E-state index >= 15 is 0 Å². The Morgan fingerprint density at radius 1 is 1.23 bits per heavy atom. The van der Waals surface area contributed by atoms with Crippen LogP contribution in [-0.2, 0) is 4.74 Å². The number of hydrogen-bond acceptors (Lipinski definition) is 8. The molecule has 3 aromatic heterocycles. The molecule has 10 heteroatoms. The summed E-state index contributed by atoms with van der Waals surface area (Å²) >= 11 is 1.51. The lowest BCUT2D eigenvalue weighted by Crippen LogP contribution is -2.36. The Kier molecular flexibility index (Phi) is 6.70. The third kappa shape index (κ3) is 5.77. The van der Waals surface area contributed by atoms with Gasteiger partial charge in [-0.1, -0.05) is 23.5 Å². The lowest BCUT2D eigenvalue weighted by Gasteiger charge is -2.28. The van der Waals surface area contributed by atoms with Gasteiger partial charge < -0.3 is 25.4 Å². The second kappa shape index (κ2) is 10.0. The number of thiazole rings is 1. The number of carbonyl (C=O) groups is 1. The first-order valence-electron chi connectivity index (χ1n) is 9.78. The number of nitrogens with zero attached hydrogens (tertiary/aromatic N) is 4. The maximum Gasteiger partial charge on any atom is 0.404 e. The van der Waals surface area contributed by atoms with Crippen LogP contribution < -0.4 is 15.5 Å². The van der Waals surface area contributed by atoms with E-state index in [9.17, 15) is 4.79 Å². The van der Waals surface area contributed by atoms with E-state index in [1.54, 1.807) is 30.9 Å². The Labute approximate surface area is 183 Å². The van der Waals surface area contributed by atoms with E-state index in [0.717, 1.165) is 58.9 Å². The van der Waals surface area contributed by atoms with Crippen molar-refractivity contribution in [3.63, 3.8) is 0 Å². The molecule has 0 radical (unpaired) electrons. The molecular weight excluding hydrogens is 416 g/mol. The zero-order valence-electron chi connectivity index (χ0n) is 16.7. The van der Waals surface area contributed by atoms with Gasteiger partial charge in [0.1, 0.15) is 5.82 Å². The second-order valence-electron chi connectivity index (χ2n) is 6.75. The first-order chi connectivity index (χ1) is 15.2. The summed E-state index contributed by atoms with van der Waals surface area (Å²) in [5.74, 6) is 0.741. The maximum atomic E-state index is 10.5. The number of anilines is 3. The van der Waals surface area contributed by atoms with Crippen molar-refractivity contribution >= 4 is 40.1 Å². The van der Waals surface area contributed by atoms with Crippen molar-refractivity contribution in [2.75, 3.05) is 43.1 Å². The molecule has 0 spiro atoms. The average molecular weight is 439 g/mol. The minimum absolute atomic E-state index is 0.241. The fourth-order valence-electron chi connectivity index (χ4n) is 3.11. The smallest absolute Gasteiger partial charge is 0.404 e.